The standard InChI is InChI=1S/C10H13N3OS/c1-10(2,3)12-8(14)7-6-13-4-5-15-9(13)11-7/h4-6H,1-3H3,(H,12,14). The molecule has 2 aromatic heterocycles. The minimum atomic E-state index is -0.228. The van der Waals surface area contributed by atoms with Crippen LogP contribution in [0.5, 0.6) is 0 Å². The molecule has 0 fully saturated rings. The maximum atomic E-state index is 11.7. The fourth-order valence-electron chi connectivity index (χ4n) is 1.24. The molecule has 0 atom stereocenters. The van der Waals surface area contributed by atoms with Crippen molar-refractivity contribution in [1.82, 2.24) is 14.7 Å². The lowest BCUT2D eigenvalue weighted by Gasteiger charge is -2.19. The summed E-state index contributed by atoms with van der Waals surface area (Å²) in [5.74, 6) is -0.126. The molecule has 0 aliphatic heterocycles. The lowest BCUT2D eigenvalue weighted by atomic mass is 10.1. The Balaban J connectivity index is 2.24. The summed E-state index contributed by atoms with van der Waals surface area (Å²) in [6.45, 7) is 5.84. The van der Waals surface area contributed by atoms with E-state index in [1.165, 1.54) is 11.3 Å². The number of amides is 1. The van der Waals surface area contributed by atoms with Crippen LogP contribution in [0.15, 0.2) is 17.8 Å². The molecule has 0 spiro atoms. The molecule has 0 aromatic carbocycles. The van der Waals surface area contributed by atoms with Crippen molar-refractivity contribution in [1.29, 1.82) is 0 Å². The van der Waals surface area contributed by atoms with Gasteiger partial charge in [-0.3, -0.25) is 9.20 Å². The van der Waals surface area contributed by atoms with Crippen molar-refractivity contribution in [3.8, 4) is 0 Å². The molecule has 1 amide bonds. The van der Waals surface area contributed by atoms with E-state index >= 15 is 0 Å². The Morgan fingerprint density at radius 1 is 1.53 bits per heavy atom. The van der Waals surface area contributed by atoms with E-state index in [1.54, 1.807) is 6.20 Å². The van der Waals surface area contributed by atoms with Gasteiger partial charge in [0, 0.05) is 23.3 Å². The Morgan fingerprint density at radius 2 is 2.27 bits per heavy atom. The van der Waals surface area contributed by atoms with Crippen LogP contribution in [-0.2, 0) is 0 Å². The first-order valence-electron chi connectivity index (χ1n) is 4.70. The van der Waals surface area contributed by atoms with Gasteiger partial charge in [0.2, 0.25) is 0 Å². The number of hydrogen-bond donors (Lipinski definition) is 1. The van der Waals surface area contributed by atoms with Crippen LogP contribution in [0.1, 0.15) is 31.3 Å². The molecule has 2 aromatic rings. The van der Waals surface area contributed by atoms with Gasteiger partial charge in [-0.15, -0.1) is 11.3 Å². The molecule has 0 aliphatic rings. The van der Waals surface area contributed by atoms with E-state index in [0.717, 1.165) is 4.96 Å². The average molecular weight is 223 g/mol. The monoisotopic (exact) mass is 223 g/mol. The van der Waals surface area contributed by atoms with Crippen molar-refractivity contribution in [2.24, 2.45) is 0 Å². The van der Waals surface area contributed by atoms with Crippen molar-refractivity contribution < 1.29 is 4.79 Å². The Kier molecular flexibility index (Phi) is 2.26. The summed E-state index contributed by atoms with van der Waals surface area (Å²) in [7, 11) is 0. The second-order valence-electron chi connectivity index (χ2n) is 4.42. The van der Waals surface area contributed by atoms with E-state index in [4.69, 9.17) is 0 Å². The summed E-state index contributed by atoms with van der Waals surface area (Å²) in [6.07, 6.45) is 3.63. The third-order valence-corrected chi connectivity index (χ3v) is 2.59. The van der Waals surface area contributed by atoms with E-state index < -0.39 is 0 Å². The second kappa shape index (κ2) is 3.34. The Labute approximate surface area is 91.9 Å². The first-order chi connectivity index (χ1) is 6.96. The number of rotatable bonds is 1. The van der Waals surface area contributed by atoms with Gasteiger partial charge in [0.15, 0.2) is 4.96 Å². The highest BCUT2D eigenvalue weighted by molar-refractivity contribution is 7.15. The predicted molar refractivity (Wildman–Crippen MR) is 60.3 cm³/mol. The fourth-order valence-corrected chi connectivity index (χ4v) is 1.94. The van der Waals surface area contributed by atoms with Gasteiger partial charge < -0.3 is 5.32 Å². The third kappa shape index (κ3) is 2.18. The van der Waals surface area contributed by atoms with Crippen LogP contribution in [-0.4, -0.2) is 20.8 Å². The highest BCUT2D eigenvalue weighted by Gasteiger charge is 2.17. The van der Waals surface area contributed by atoms with Crippen LogP contribution in [0.2, 0.25) is 0 Å². The normalized spacial score (nSPS) is 11.9. The van der Waals surface area contributed by atoms with Gasteiger partial charge in [0.25, 0.3) is 5.91 Å². The molecule has 5 heteroatoms. The van der Waals surface area contributed by atoms with Gasteiger partial charge in [0.05, 0.1) is 0 Å². The zero-order valence-corrected chi connectivity index (χ0v) is 9.76. The van der Waals surface area contributed by atoms with E-state index in [2.05, 4.69) is 10.3 Å². The molecule has 0 unspecified atom stereocenters. The summed E-state index contributed by atoms with van der Waals surface area (Å²) in [4.78, 5) is 16.8. The quantitative estimate of drug-likeness (QED) is 0.803. The summed E-state index contributed by atoms with van der Waals surface area (Å²) < 4.78 is 1.85. The summed E-state index contributed by atoms with van der Waals surface area (Å²) >= 11 is 1.52. The fraction of sp³-hybridized carbons (Fsp3) is 0.400. The molecule has 0 saturated heterocycles. The average Bonchev–Trinajstić information content (AvgIpc) is 2.56. The number of thiazole rings is 1. The van der Waals surface area contributed by atoms with Crippen molar-refractivity contribution in [2.45, 2.75) is 26.3 Å². The molecule has 0 radical (unpaired) electrons. The topological polar surface area (TPSA) is 46.4 Å². The zero-order chi connectivity index (χ0) is 11.1. The molecule has 1 N–H and O–H groups in total. The van der Waals surface area contributed by atoms with Crippen LogP contribution in [0.3, 0.4) is 0 Å². The summed E-state index contributed by atoms with van der Waals surface area (Å²) in [5, 5.41) is 4.81. The first-order valence-corrected chi connectivity index (χ1v) is 5.58. The number of carbonyl (C=O) groups is 1. The second-order valence-corrected chi connectivity index (χ2v) is 5.30. The molecular weight excluding hydrogens is 210 g/mol. The van der Waals surface area contributed by atoms with Gasteiger partial charge in [-0.05, 0) is 20.8 Å². The maximum absolute atomic E-state index is 11.7. The van der Waals surface area contributed by atoms with Gasteiger partial charge in [-0.1, -0.05) is 0 Å². The highest BCUT2D eigenvalue weighted by atomic mass is 32.1. The first kappa shape index (κ1) is 10.2. The van der Waals surface area contributed by atoms with Crippen LogP contribution < -0.4 is 5.32 Å². The van der Waals surface area contributed by atoms with Crippen molar-refractivity contribution in [2.75, 3.05) is 0 Å². The van der Waals surface area contributed by atoms with Gasteiger partial charge in [-0.25, -0.2) is 4.98 Å². The minimum Gasteiger partial charge on any atom is -0.346 e. The summed E-state index contributed by atoms with van der Waals surface area (Å²) in [5.41, 5.74) is 0.241. The van der Waals surface area contributed by atoms with E-state index in [-0.39, 0.29) is 11.4 Å². The van der Waals surface area contributed by atoms with E-state index in [0.29, 0.717) is 5.69 Å². The van der Waals surface area contributed by atoms with Crippen molar-refractivity contribution in [3.63, 3.8) is 0 Å². The van der Waals surface area contributed by atoms with E-state index in [9.17, 15) is 4.79 Å². The Morgan fingerprint density at radius 3 is 2.87 bits per heavy atom. The summed E-state index contributed by atoms with van der Waals surface area (Å²) in [6, 6.07) is 0. The van der Waals surface area contributed by atoms with Crippen molar-refractivity contribution >= 4 is 22.2 Å². The van der Waals surface area contributed by atoms with Crippen LogP contribution >= 0.6 is 11.3 Å². The van der Waals surface area contributed by atoms with Gasteiger partial charge in [0.1, 0.15) is 5.69 Å². The maximum Gasteiger partial charge on any atom is 0.271 e. The minimum absolute atomic E-state index is 0.126. The molecule has 80 valence electrons. The number of nitrogens with zero attached hydrogens (tertiary/aromatic N) is 2. The molecule has 0 saturated carbocycles. The number of imidazole rings is 1. The van der Waals surface area contributed by atoms with Crippen LogP contribution in [0.25, 0.3) is 4.96 Å². The zero-order valence-electron chi connectivity index (χ0n) is 8.94. The van der Waals surface area contributed by atoms with E-state index in [1.807, 2.05) is 36.7 Å². The number of hydrogen-bond acceptors (Lipinski definition) is 3. The van der Waals surface area contributed by atoms with Crippen LogP contribution in [0, 0.1) is 0 Å². The molecule has 0 aliphatic carbocycles. The molecule has 4 nitrogen and oxygen atoms in total. The molecular formula is C10H13N3OS. The Hall–Kier alpha value is -1.36. The molecule has 0 bridgehead atoms. The lowest BCUT2D eigenvalue weighted by molar-refractivity contribution is 0.0915. The number of nitrogens with one attached hydrogen (secondary N) is 1. The number of fused-ring (bicyclic) bond motifs is 1. The van der Waals surface area contributed by atoms with Gasteiger partial charge in [-0.2, -0.15) is 0 Å². The highest BCUT2D eigenvalue weighted by Crippen LogP contribution is 2.12. The number of carbonyl (C=O) groups excluding carboxylic acids is 1. The smallest absolute Gasteiger partial charge is 0.271 e. The van der Waals surface area contributed by atoms with Crippen LogP contribution in [0.4, 0.5) is 0 Å². The third-order valence-electron chi connectivity index (χ3n) is 1.81. The molecule has 15 heavy (non-hydrogen) atoms. The van der Waals surface area contributed by atoms with Gasteiger partial charge >= 0.3 is 0 Å². The Bertz CT molecular complexity index is 463. The largest absolute Gasteiger partial charge is 0.346 e. The van der Waals surface area contributed by atoms with Crippen molar-refractivity contribution in [3.05, 3.63) is 23.5 Å². The number of aromatic nitrogens is 2. The predicted octanol–water partition coefficient (Wildman–Crippen LogP) is 1.92. The molecule has 2 rings (SSSR count). The molecule has 2 heterocycles. The SMILES string of the molecule is CC(C)(C)NC(=O)c1cn2ccsc2n1. The lowest BCUT2D eigenvalue weighted by Crippen LogP contribution is -2.40.